The number of nitrogens with one attached hydrogen (secondary N) is 1. The second kappa shape index (κ2) is 8.51. The maximum atomic E-state index is 12.7. The molecule has 1 amide bonds. The highest BCUT2D eigenvalue weighted by atomic mass is 16.5. The topological polar surface area (TPSA) is 78.3 Å². The Balaban J connectivity index is 1.77. The van der Waals surface area contributed by atoms with Crippen LogP contribution in [0.2, 0.25) is 0 Å². The van der Waals surface area contributed by atoms with Crippen LogP contribution < -0.4 is 14.8 Å². The lowest BCUT2D eigenvalue weighted by atomic mass is 10.1. The minimum absolute atomic E-state index is 0.0503. The van der Waals surface area contributed by atoms with Crippen LogP contribution in [-0.4, -0.2) is 33.9 Å². The second-order valence-electron chi connectivity index (χ2n) is 7.59. The van der Waals surface area contributed by atoms with Gasteiger partial charge in [0.05, 0.1) is 31.0 Å². The number of fused-ring (bicyclic) bond motifs is 1. The Morgan fingerprint density at radius 2 is 1.83 bits per heavy atom. The van der Waals surface area contributed by atoms with Crippen LogP contribution in [0.1, 0.15) is 62.6 Å². The number of methoxy groups -OCH3 is 1. The van der Waals surface area contributed by atoms with Gasteiger partial charge in [-0.15, -0.1) is 0 Å². The number of rotatable bonds is 7. The molecule has 0 bridgehead atoms. The molecule has 7 nitrogen and oxygen atoms in total. The Bertz CT molecular complexity index is 1010. The van der Waals surface area contributed by atoms with Gasteiger partial charge in [-0.05, 0) is 58.4 Å². The SMILES string of the molecule is COc1cc(C(C)NC(=O)c2cnc3c(cnn3C(C)C)c2)ccc1OC(C)C. The summed E-state index contributed by atoms with van der Waals surface area (Å²) in [7, 11) is 1.60. The second-order valence-corrected chi connectivity index (χ2v) is 7.59. The molecule has 0 aliphatic carbocycles. The maximum Gasteiger partial charge on any atom is 0.253 e. The summed E-state index contributed by atoms with van der Waals surface area (Å²) >= 11 is 0. The van der Waals surface area contributed by atoms with E-state index in [0.29, 0.717) is 17.1 Å². The van der Waals surface area contributed by atoms with Crippen molar-refractivity contribution in [1.29, 1.82) is 0 Å². The number of amides is 1. The van der Waals surface area contributed by atoms with Gasteiger partial charge in [0.1, 0.15) is 0 Å². The van der Waals surface area contributed by atoms with E-state index >= 15 is 0 Å². The van der Waals surface area contributed by atoms with Crippen molar-refractivity contribution in [1.82, 2.24) is 20.1 Å². The average Bonchev–Trinajstić information content (AvgIpc) is 3.11. The highest BCUT2D eigenvalue weighted by Crippen LogP contribution is 2.31. The number of ether oxygens (including phenoxy) is 2. The summed E-state index contributed by atoms with van der Waals surface area (Å²) in [6.07, 6.45) is 3.38. The van der Waals surface area contributed by atoms with E-state index in [1.54, 1.807) is 19.5 Å². The number of pyridine rings is 1. The molecule has 1 aromatic carbocycles. The molecule has 0 fully saturated rings. The van der Waals surface area contributed by atoms with Crippen molar-refractivity contribution >= 4 is 16.9 Å². The summed E-state index contributed by atoms with van der Waals surface area (Å²) in [5.74, 6) is 1.13. The van der Waals surface area contributed by atoms with Gasteiger partial charge in [-0.1, -0.05) is 6.07 Å². The third kappa shape index (κ3) is 4.50. The highest BCUT2D eigenvalue weighted by Gasteiger charge is 2.16. The predicted octanol–water partition coefficient (Wildman–Crippen LogP) is 4.30. The minimum Gasteiger partial charge on any atom is -0.493 e. The molecule has 2 aromatic heterocycles. The van der Waals surface area contributed by atoms with Gasteiger partial charge in [0, 0.05) is 17.6 Å². The van der Waals surface area contributed by atoms with Gasteiger partial charge in [0.2, 0.25) is 0 Å². The van der Waals surface area contributed by atoms with Crippen LogP contribution in [0.4, 0.5) is 0 Å². The van der Waals surface area contributed by atoms with Crippen molar-refractivity contribution < 1.29 is 14.3 Å². The molecule has 0 saturated carbocycles. The number of carbonyl (C=O) groups excluding carboxylic acids is 1. The van der Waals surface area contributed by atoms with Crippen molar-refractivity contribution in [2.24, 2.45) is 0 Å². The van der Waals surface area contributed by atoms with E-state index in [-0.39, 0.29) is 24.1 Å². The first-order valence-electron chi connectivity index (χ1n) is 9.78. The fraction of sp³-hybridized carbons (Fsp3) is 0.409. The van der Waals surface area contributed by atoms with Crippen LogP contribution >= 0.6 is 0 Å². The van der Waals surface area contributed by atoms with Crippen LogP contribution in [0.5, 0.6) is 11.5 Å². The molecule has 0 saturated heterocycles. The van der Waals surface area contributed by atoms with Crippen molar-refractivity contribution in [3.8, 4) is 11.5 Å². The van der Waals surface area contributed by atoms with E-state index in [4.69, 9.17) is 9.47 Å². The van der Waals surface area contributed by atoms with Crippen LogP contribution in [0, 0.1) is 0 Å². The summed E-state index contributed by atoms with van der Waals surface area (Å²) in [5.41, 5.74) is 2.20. The monoisotopic (exact) mass is 396 g/mol. The zero-order valence-corrected chi connectivity index (χ0v) is 17.8. The molecule has 2 heterocycles. The van der Waals surface area contributed by atoms with Gasteiger partial charge in [-0.25, -0.2) is 9.67 Å². The lowest BCUT2D eigenvalue weighted by Crippen LogP contribution is -2.26. The molecule has 3 aromatic rings. The van der Waals surface area contributed by atoms with Gasteiger partial charge in [0.15, 0.2) is 17.1 Å². The van der Waals surface area contributed by atoms with Crippen LogP contribution in [0.15, 0.2) is 36.7 Å². The molecular formula is C22H28N4O3. The Morgan fingerprint density at radius 3 is 2.48 bits per heavy atom. The number of carbonyl (C=O) groups is 1. The lowest BCUT2D eigenvalue weighted by Gasteiger charge is -2.18. The largest absolute Gasteiger partial charge is 0.493 e. The number of hydrogen-bond donors (Lipinski definition) is 1. The summed E-state index contributed by atoms with van der Waals surface area (Å²) < 4.78 is 13.0. The van der Waals surface area contributed by atoms with Gasteiger partial charge in [-0.2, -0.15) is 5.10 Å². The summed E-state index contributed by atoms with van der Waals surface area (Å²) in [4.78, 5) is 17.2. The molecule has 154 valence electrons. The predicted molar refractivity (Wildman–Crippen MR) is 113 cm³/mol. The third-order valence-electron chi connectivity index (χ3n) is 4.58. The van der Waals surface area contributed by atoms with Crippen LogP contribution in [0.25, 0.3) is 11.0 Å². The summed E-state index contributed by atoms with van der Waals surface area (Å²) in [5, 5.41) is 8.21. The summed E-state index contributed by atoms with van der Waals surface area (Å²) in [6, 6.07) is 7.49. The average molecular weight is 396 g/mol. The number of benzene rings is 1. The number of hydrogen-bond acceptors (Lipinski definition) is 5. The standard InChI is InChI=1S/C22H28N4O3/c1-13(2)26-21-17(12-24-26)9-18(11-23-21)22(27)25-15(5)16-7-8-19(29-14(3)4)20(10-16)28-6/h7-15H,1-6H3,(H,25,27). The Labute approximate surface area is 171 Å². The molecule has 29 heavy (non-hydrogen) atoms. The van der Waals surface area contributed by atoms with E-state index in [0.717, 1.165) is 16.6 Å². The van der Waals surface area contributed by atoms with Gasteiger partial charge in [0.25, 0.3) is 5.91 Å². The Hall–Kier alpha value is -3.09. The Morgan fingerprint density at radius 1 is 1.07 bits per heavy atom. The van der Waals surface area contributed by atoms with Crippen molar-refractivity contribution in [3.05, 3.63) is 47.8 Å². The van der Waals surface area contributed by atoms with Gasteiger partial charge in [-0.3, -0.25) is 4.79 Å². The molecule has 1 N–H and O–H groups in total. The number of nitrogens with zero attached hydrogens (tertiary/aromatic N) is 3. The molecule has 0 aliphatic heterocycles. The quantitative estimate of drug-likeness (QED) is 0.644. The van der Waals surface area contributed by atoms with Crippen molar-refractivity contribution in [2.75, 3.05) is 7.11 Å². The zero-order chi connectivity index (χ0) is 21.1. The van der Waals surface area contributed by atoms with Crippen LogP contribution in [-0.2, 0) is 0 Å². The van der Waals surface area contributed by atoms with E-state index < -0.39 is 0 Å². The molecule has 7 heteroatoms. The number of aromatic nitrogens is 3. The normalized spacial score (nSPS) is 12.4. The molecule has 0 radical (unpaired) electrons. The minimum atomic E-state index is -0.210. The first-order valence-corrected chi connectivity index (χ1v) is 9.78. The van der Waals surface area contributed by atoms with Crippen molar-refractivity contribution in [2.45, 2.75) is 52.8 Å². The Kier molecular flexibility index (Phi) is 6.06. The first kappa shape index (κ1) is 20.6. The van der Waals surface area contributed by atoms with Gasteiger partial charge < -0.3 is 14.8 Å². The molecular weight excluding hydrogens is 368 g/mol. The molecule has 0 spiro atoms. The van der Waals surface area contributed by atoms with Crippen molar-refractivity contribution in [3.63, 3.8) is 0 Å². The molecule has 1 unspecified atom stereocenters. The first-order chi connectivity index (χ1) is 13.8. The molecule has 0 aliphatic rings. The smallest absolute Gasteiger partial charge is 0.253 e. The van der Waals surface area contributed by atoms with E-state index in [9.17, 15) is 4.79 Å². The maximum absolute atomic E-state index is 12.7. The molecule has 3 rings (SSSR count). The zero-order valence-electron chi connectivity index (χ0n) is 17.8. The fourth-order valence-corrected chi connectivity index (χ4v) is 3.11. The fourth-order valence-electron chi connectivity index (χ4n) is 3.11. The van der Waals surface area contributed by atoms with Crippen LogP contribution in [0.3, 0.4) is 0 Å². The van der Waals surface area contributed by atoms with E-state index in [1.807, 2.05) is 63.6 Å². The third-order valence-corrected chi connectivity index (χ3v) is 4.58. The molecule has 1 atom stereocenters. The van der Waals surface area contributed by atoms with E-state index in [1.165, 1.54) is 0 Å². The lowest BCUT2D eigenvalue weighted by molar-refractivity contribution is 0.0939. The highest BCUT2D eigenvalue weighted by molar-refractivity contribution is 5.97. The van der Waals surface area contributed by atoms with Gasteiger partial charge >= 0.3 is 0 Å². The summed E-state index contributed by atoms with van der Waals surface area (Å²) in [6.45, 7) is 9.95. The van der Waals surface area contributed by atoms with E-state index in [2.05, 4.69) is 15.4 Å².